The van der Waals surface area contributed by atoms with Gasteiger partial charge in [-0.25, -0.2) is 0 Å². The van der Waals surface area contributed by atoms with Crippen LogP contribution in [-0.2, 0) is 4.79 Å². The SMILES string of the molecule is NCCCC(CC(=O)O)c1ccccc1. The maximum atomic E-state index is 10.7. The zero-order chi connectivity index (χ0) is 11.1. The Kier molecular flexibility index (Phi) is 4.84. The average Bonchev–Trinajstić information content (AvgIpc) is 2.25. The van der Waals surface area contributed by atoms with Gasteiger partial charge in [-0.15, -0.1) is 0 Å². The fourth-order valence-corrected chi connectivity index (χ4v) is 1.69. The lowest BCUT2D eigenvalue weighted by atomic mass is 9.91. The van der Waals surface area contributed by atoms with Crippen LogP contribution in [0.3, 0.4) is 0 Å². The lowest BCUT2D eigenvalue weighted by molar-refractivity contribution is -0.137. The summed E-state index contributed by atoms with van der Waals surface area (Å²) in [5.74, 6) is -0.659. The molecule has 0 aliphatic carbocycles. The van der Waals surface area contributed by atoms with Crippen LogP contribution >= 0.6 is 0 Å². The lowest BCUT2D eigenvalue weighted by Crippen LogP contribution is -2.09. The molecule has 3 heteroatoms. The first kappa shape index (κ1) is 11.7. The number of carboxylic acids is 1. The second-order valence-electron chi connectivity index (χ2n) is 3.64. The number of aliphatic carboxylic acids is 1. The molecule has 1 unspecified atom stereocenters. The van der Waals surface area contributed by atoms with Crippen molar-refractivity contribution in [2.45, 2.75) is 25.2 Å². The molecule has 3 N–H and O–H groups in total. The van der Waals surface area contributed by atoms with E-state index in [2.05, 4.69) is 0 Å². The van der Waals surface area contributed by atoms with Gasteiger partial charge in [0.2, 0.25) is 0 Å². The normalized spacial score (nSPS) is 12.3. The lowest BCUT2D eigenvalue weighted by Gasteiger charge is -2.14. The fourth-order valence-electron chi connectivity index (χ4n) is 1.69. The highest BCUT2D eigenvalue weighted by atomic mass is 16.4. The van der Waals surface area contributed by atoms with Gasteiger partial charge < -0.3 is 10.8 Å². The summed E-state index contributed by atoms with van der Waals surface area (Å²) in [5.41, 5.74) is 6.53. The number of hydrogen-bond acceptors (Lipinski definition) is 2. The number of carboxylic acid groups (broad SMARTS) is 1. The van der Waals surface area contributed by atoms with Crippen LogP contribution in [0.2, 0.25) is 0 Å². The summed E-state index contributed by atoms with van der Waals surface area (Å²) in [5, 5.41) is 8.81. The standard InChI is InChI=1S/C12H17NO2/c13-8-4-7-11(9-12(14)15)10-5-2-1-3-6-10/h1-3,5-6,11H,4,7-9,13H2,(H,14,15). The van der Waals surface area contributed by atoms with E-state index in [0.717, 1.165) is 18.4 Å². The molecular weight excluding hydrogens is 190 g/mol. The third-order valence-electron chi connectivity index (χ3n) is 2.45. The van der Waals surface area contributed by atoms with Gasteiger partial charge in [-0.2, -0.15) is 0 Å². The summed E-state index contributed by atoms with van der Waals surface area (Å²) in [7, 11) is 0. The number of rotatable bonds is 6. The van der Waals surface area contributed by atoms with Crippen molar-refractivity contribution in [1.29, 1.82) is 0 Å². The zero-order valence-electron chi connectivity index (χ0n) is 8.73. The van der Waals surface area contributed by atoms with Crippen LogP contribution in [0.5, 0.6) is 0 Å². The molecule has 0 fully saturated rings. The molecule has 1 aromatic rings. The van der Waals surface area contributed by atoms with Gasteiger partial charge in [-0.1, -0.05) is 30.3 Å². The minimum atomic E-state index is -0.749. The Morgan fingerprint density at radius 2 is 2.00 bits per heavy atom. The molecule has 0 heterocycles. The maximum absolute atomic E-state index is 10.7. The molecule has 82 valence electrons. The van der Waals surface area contributed by atoms with E-state index in [1.54, 1.807) is 0 Å². The van der Waals surface area contributed by atoms with Gasteiger partial charge in [-0.3, -0.25) is 4.79 Å². The van der Waals surface area contributed by atoms with Crippen molar-refractivity contribution in [3.63, 3.8) is 0 Å². The third kappa shape index (κ3) is 4.13. The van der Waals surface area contributed by atoms with Crippen molar-refractivity contribution in [3.8, 4) is 0 Å². The Bertz CT molecular complexity index is 298. The molecule has 0 saturated carbocycles. The number of benzene rings is 1. The Morgan fingerprint density at radius 1 is 1.33 bits per heavy atom. The molecule has 1 rings (SSSR count). The molecule has 1 atom stereocenters. The van der Waals surface area contributed by atoms with Gasteiger partial charge in [0.15, 0.2) is 0 Å². The van der Waals surface area contributed by atoms with Crippen LogP contribution in [-0.4, -0.2) is 17.6 Å². The quantitative estimate of drug-likeness (QED) is 0.749. The summed E-state index contributed by atoms with van der Waals surface area (Å²) in [6, 6.07) is 9.76. The van der Waals surface area contributed by atoms with Gasteiger partial charge in [0.1, 0.15) is 0 Å². The van der Waals surface area contributed by atoms with E-state index in [1.165, 1.54) is 0 Å². The summed E-state index contributed by atoms with van der Waals surface area (Å²) in [6.07, 6.45) is 1.89. The maximum Gasteiger partial charge on any atom is 0.303 e. The van der Waals surface area contributed by atoms with Crippen molar-refractivity contribution in [2.24, 2.45) is 5.73 Å². The Labute approximate surface area is 89.9 Å². The fraction of sp³-hybridized carbons (Fsp3) is 0.417. The summed E-state index contributed by atoms with van der Waals surface area (Å²) >= 11 is 0. The van der Waals surface area contributed by atoms with Gasteiger partial charge in [-0.05, 0) is 30.9 Å². The molecule has 0 saturated heterocycles. The van der Waals surface area contributed by atoms with Crippen molar-refractivity contribution in [3.05, 3.63) is 35.9 Å². The highest BCUT2D eigenvalue weighted by Gasteiger charge is 2.14. The monoisotopic (exact) mass is 207 g/mol. The zero-order valence-corrected chi connectivity index (χ0v) is 8.73. The molecule has 3 nitrogen and oxygen atoms in total. The predicted octanol–water partition coefficient (Wildman–Crippen LogP) is 1.98. The Hall–Kier alpha value is -1.35. The first-order valence-electron chi connectivity index (χ1n) is 5.21. The van der Waals surface area contributed by atoms with Gasteiger partial charge in [0, 0.05) is 0 Å². The van der Waals surface area contributed by atoms with Gasteiger partial charge in [0.25, 0.3) is 0 Å². The largest absolute Gasteiger partial charge is 0.481 e. The molecule has 0 aromatic heterocycles. The highest BCUT2D eigenvalue weighted by Crippen LogP contribution is 2.24. The molecule has 0 aliphatic rings. The summed E-state index contributed by atoms with van der Waals surface area (Å²) in [4.78, 5) is 10.7. The molecule has 0 bridgehead atoms. The van der Waals surface area contributed by atoms with Crippen LogP contribution in [0.1, 0.15) is 30.7 Å². The molecule has 0 aliphatic heterocycles. The first-order chi connectivity index (χ1) is 7.24. The van der Waals surface area contributed by atoms with Crippen LogP contribution in [0.4, 0.5) is 0 Å². The van der Waals surface area contributed by atoms with E-state index in [-0.39, 0.29) is 12.3 Å². The minimum Gasteiger partial charge on any atom is -0.481 e. The van der Waals surface area contributed by atoms with E-state index in [4.69, 9.17) is 10.8 Å². The second kappa shape index (κ2) is 6.19. The molecule has 1 aromatic carbocycles. The molecule has 0 amide bonds. The Balaban J connectivity index is 2.67. The molecular formula is C12H17NO2. The average molecular weight is 207 g/mol. The van der Waals surface area contributed by atoms with Crippen molar-refractivity contribution >= 4 is 5.97 Å². The summed E-state index contributed by atoms with van der Waals surface area (Å²) in [6.45, 7) is 0.614. The first-order valence-corrected chi connectivity index (χ1v) is 5.21. The van der Waals surface area contributed by atoms with E-state index in [1.807, 2.05) is 30.3 Å². The smallest absolute Gasteiger partial charge is 0.303 e. The number of carbonyl (C=O) groups is 1. The van der Waals surface area contributed by atoms with Crippen LogP contribution in [0.25, 0.3) is 0 Å². The van der Waals surface area contributed by atoms with Crippen molar-refractivity contribution in [1.82, 2.24) is 0 Å². The predicted molar refractivity (Wildman–Crippen MR) is 59.7 cm³/mol. The van der Waals surface area contributed by atoms with Crippen LogP contribution < -0.4 is 5.73 Å². The van der Waals surface area contributed by atoms with E-state index < -0.39 is 5.97 Å². The number of hydrogen-bond donors (Lipinski definition) is 2. The minimum absolute atomic E-state index is 0.0900. The van der Waals surface area contributed by atoms with Crippen molar-refractivity contribution in [2.75, 3.05) is 6.54 Å². The Morgan fingerprint density at radius 3 is 2.53 bits per heavy atom. The van der Waals surface area contributed by atoms with E-state index in [0.29, 0.717) is 6.54 Å². The van der Waals surface area contributed by atoms with E-state index in [9.17, 15) is 4.79 Å². The van der Waals surface area contributed by atoms with Crippen LogP contribution in [0.15, 0.2) is 30.3 Å². The van der Waals surface area contributed by atoms with Gasteiger partial charge in [0.05, 0.1) is 6.42 Å². The topological polar surface area (TPSA) is 63.3 Å². The van der Waals surface area contributed by atoms with Crippen molar-refractivity contribution < 1.29 is 9.90 Å². The summed E-state index contributed by atoms with van der Waals surface area (Å²) < 4.78 is 0. The third-order valence-corrected chi connectivity index (χ3v) is 2.45. The van der Waals surface area contributed by atoms with E-state index >= 15 is 0 Å². The second-order valence-corrected chi connectivity index (χ2v) is 3.64. The molecule has 15 heavy (non-hydrogen) atoms. The molecule has 0 spiro atoms. The van der Waals surface area contributed by atoms with Crippen LogP contribution in [0, 0.1) is 0 Å². The molecule has 0 radical (unpaired) electrons. The number of nitrogens with two attached hydrogens (primary N) is 1. The van der Waals surface area contributed by atoms with Gasteiger partial charge >= 0.3 is 5.97 Å². The highest BCUT2D eigenvalue weighted by molar-refractivity contribution is 5.68.